The van der Waals surface area contributed by atoms with E-state index in [4.69, 9.17) is 10.00 Å². The Morgan fingerprint density at radius 1 is 1.17 bits per heavy atom. The van der Waals surface area contributed by atoms with Crippen molar-refractivity contribution >= 4 is 5.69 Å². The highest BCUT2D eigenvalue weighted by Crippen LogP contribution is 2.23. The number of ether oxygens (including phenoxy) is 1. The van der Waals surface area contributed by atoms with E-state index in [0.717, 1.165) is 43.0 Å². The molecule has 3 rings (SSSR count). The van der Waals surface area contributed by atoms with E-state index in [1.165, 1.54) is 0 Å². The van der Waals surface area contributed by atoms with Crippen LogP contribution in [0.1, 0.15) is 29.9 Å². The van der Waals surface area contributed by atoms with Crippen LogP contribution in [-0.2, 0) is 0 Å². The van der Waals surface area contributed by atoms with E-state index in [-0.39, 0.29) is 6.10 Å². The first-order valence-electron chi connectivity index (χ1n) is 7.73. The van der Waals surface area contributed by atoms with E-state index in [2.05, 4.69) is 19.9 Å². The minimum atomic E-state index is 0.160. The summed E-state index contributed by atoms with van der Waals surface area (Å²) in [5, 5.41) is 8.80. The molecule has 23 heavy (non-hydrogen) atoms. The van der Waals surface area contributed by atoms with Gasteiger partial charge in [0.2, 0.25) is 5.88 Å². The van der Waals surface area contributed by atoms with Gasteiger partial charge >= 0.3 is 0 Å². The van der Waals surface area contributed by atoms with E-state index >= 15 is 0 Å². The molecule has 0 N–H and O–H groups in total. The number of anilines is 1. The summed E-state index contributed by atoms with van der Waals surface area (Å²) >= 11 is 0. The Morgan fingerprint density at radius 2 is 1.96 bits per heavy atom. The van der Waals surface area contributed by atoms with Crippen molar-refractivity contribution in [3.63, 3.8) is 0 Å². The molecule has 1 saturated heterocycles. The molecule has 0 spiro atoms. The Hall–Kier alpha value is -2.68. The molecule has 0 radical (unpaired) electrons. The molecule has 2 aromatic heterocycles. The standard InChI is InChI=1S/C17H19N5O/c1-12-10-19-13(2)17(21-12)23-16-5-7-22(8-6-16)15-4-3-14(9-18)20-11-15/h3-4,10-11,16H,5-8H2,1-2H3. The van der Waals surface area contributed by atoms with Crippen LogP contribution in [0, 0.1) is 25.2 Å². The summed E-state index contributed by atoms with van der Waals surface area (Å²) in [6.45, 7) is 5.63. The zero-order chi connectivity index (χ0) is 16.2. The average molecular weight is 309 g/mol. The number of aryl methyl sites for hydroxylation is 2. The van der Waals surface area contributed by atoms with Gasteiger partial charge in [-0.2, -0.15) is 5.26 Å². The summed E-state index contributed by atoms with van der Waals surface area (Å²) in [6, 6.07) is 5.74. The number of hydrogen-bond acceptors (Lipinski definition) is 6. The highest BCUT2D eigenvalue weighted by atomic mass is 16.5. The van der Waals surface area contributed by atoms with Crippen LogP contribution in [0.15, 0.2) is 24.5 Å². The van der Waals surface area contributed by atoms with Crippen LogP contribution in [0.4, 0.5) is 5.69 Å². The first-order valence-corrected chi connectivity index (χ1v) is 7.73. The second-order valence-corrected chi connectivity index (χ2v) is 5.72. The summed E-state index contributed by atoms with van der Waals surface area (Å²) in [4.78, 5) is 15.1. The molecule has 0 aliphatic carbocycles. The van der Waals surface area contributed by atoms with Gasteiger partial charge in [-0.3, -0.25) is 4.98 Å². The fourth-order valence-electron chi connectivity index (χ4n) is 2.66. The zero-order valence-corrected chi connectivity index (χ0v) is 13.4. The van der Waals surface area contributed by atoms with Gasteiger partial charge in [-0.1, -0.05) is 0 Å². The van der Waals surface area contributed by atoms with Crippen LogP contribution < -0.4 is 9.64 Å². The van der Waals surface area contributed by atoms with Crippen molar-refractivity contribution in [1.29, 1.82) is 5.26 Å². The molecule has 1 aliphatic rings. The maximum Gasteiger partial charge on any atom is 0.235 e. The predicted molar refractivity (Wildman–Crippen MR) is 86.3 cm³/mol. The predicted octanol–water partition coefficient (Wildman–Crippen LogP) is 2.41. The third kappa shape index (κ3) is 3.57. The SMILES string of the molecule is Cc1cnc(C)c(OC2CCN(c3ccc(C#N)nc3)CC2)n1. The van der Waals surface area contributed by atoms with Crippen molar-refractivity contribution in [3.8, 4) is 11.9 Å². The summed E-state index contributed by atoms with van der Waals surface area (Å²) in [5.41, 5.74) is 3.19. The van der Waals surface area contributed by atoms with Gasteiger partial charge in [-0.25, -0.2) is 9.97 Å². The molecule has 2 aromatic rings. The van der Waals surface area contributed by atoms with Gasteiger partial charge in [0.1, 0.15) is 17.9 Å². The second kappa shape index (κ2) is 6.61. The normalized spacial score (nSPS) is 15.3. The molecular formula is C17H19N5O. The third-order valence-electron chi connectivity index (χ3n) is 3.98. The van der Waals surface area contributed by atoms with Crippen LogP contribution in [0.5, 0.6) is 5.88 Å². The number of rotatable bonds is 3. The third-order valence-corrected chi connectivity index (χ3v) is 3.98. The van der Waals surface area contributed by atoms with Gasteiger partial charge < -0.3 is 9.64 Å². The highest BCUT2D eigenvalue weighted by Gasteiger charge is 2.22. The minimum absolute atomic E-state index is 0.160. The number of pyridine rings is 1. The van der Waals surface area contributed by atoms with E-state index in [1.807, 2.05) is 26.0 Å². The molecule has 1 aliphatic heterocycles. The lowest BCUT2D eigenvalue weighted by molar-refractivity contribution is 0.161. The van der Waals surface area contributed by atoms with Crippen molar-refractivity contribution in [2.24, 2.45) is 0 Å². The number of aromatic nitrogens is 3. The molecule has 0 unspecified atom stereocenters. The Morgan fingerprint density at radius 3 is 2.61 bits per heavy atom. The van der Waals surface area contributed by atoms with Gasteiger partial charge in [0.25, 0.3) is 0 Å². The topological polar surface area (TPSA) is 74.9 Å². The average Bonchev–Trinajstić information content (AvgIpc) is 2.59. The Kier molecular flexibility index (Phi) is 4.38. The quantitative estimate of drug-likeness (QED) is 0.866. The minimum Gasteiger partial charge on any atom is -0.473 e. The van der Waals surface area contributed by atoms with Crippen LogP contribution >= 0.6 is 0 Å². The summed E-state index contributed by atoms with van der Waals surface area (Å²) in [6.07, 6.45) is 5.52. The molecule has 3 heterocycles. The smallest absolute Gasteiger partial charge is 0.235 e. The van der Waals surface area contributed by atoms with Crippen molar-refractivity contribution in [2.45, 2.75) is 32.8 Å². The van der Waals surface area contributed by atoms with Crippen molar-refractivity contribution in [3.05, 3.63) is 41.6 Å². The molecule has 0 saturated carbocycles. The number of nitrogens with zero attached hydrogens (tertiary/aromatic N) is 5. The lowest BCUT2D eigenvalue weighted by atomic mass is 10.1. The van der Waals surface area contributed by atoms with Crippen LogP contribution in [0.3, 0.4) is 0 Å². The first kappa shape index (κ1) is 15.2. The van der Waals surface area contributed by atoms with Gasteiger partial charge in [0, 0.05) is 32.1 Å². The van der Waals surface area contributed by atoms with E-state index in [1.54, 1.807) is 18.5 Å². The zero-order valence-electron chi connectivity index (χ0n) is 13.4. The molecule has 6 heteroatoms. The molecule has 1 fully saturated rings. The highest BCUT2D eigenvalue weighted by molar-refractivity contribution is 5.46. The van der Waals surface area contributed by atoms with Crippen molar-refractivity contribution in [1.82, 2.24) is 15.0 Å². The second-order valence-electron chi connectivity index (χ2n) is 5.72. The lowest BCUT2D eigenvalue weighted by Gasteiger charge is -2.33. The molecular weight excluding hydrogens is 290 g/mol. The lowest BCUT2D eigenvalue weighted by Crippen LogP contribution is -2.38. The maximum absolute atomic E-state index is 8.80. The van der Waals surface area contributed by atoms with E-state index in [0.29, 0.717) is 11.6 Å². The van der Waals surface area contributed by atoms with Crippen LogP contribution in [-0.4, -0.2) is 34.1 Å². The Balaban J connectivity index is 1.59. The monoisotopic (exact) mass is 309 g/mol. The van der Waals surface area contributed by atoms with Crippen LogP contribution in [0.25, 0.3) is 0 Å². The number of nitriles is 1. The van der Waals surface area contributed by atoms with Crippen molar-refractivity contribution in [2.75, 3.05) is 18.0 Å². The molecule has 0 bridgehead atoms. The van der Waals surface area contributed by atoms with Crippen LogP contribution in [0.2, 0.25) is 0 Å². The Bertz CT molecular complexity index is 715. The largest absolute Gasteiger partial charge is 0.473 e. The summed E-state index contributed by atoms with van der Waals surface area (Å²) in [7, 11) is 0. The fourth-order valence-corrected chi connectivity index (χ4v) is 2.66. The van der Waals surface area contributed by atoms with Gasteiger partial charge in [0.05, 0.1) is 23.3 Å². The molecule has 118 valence electrons. The van der Waals surface area contributed by atoms with E-state index < -0.39 is 0 Å². The fraction of sp³-hybridized carbons (Fsp3) is 0.412. The summed E-state index contributed by atoms with van der Waals surface area (Å²) < 4.78 is 6.03. The number of piperidine rings is 1. The van der Waals surface area contributed by atoms with E-state index in [9.17, 15) is 0 Å². The van der Waals surface area contributed by atoms with Gasteiger partial charge in [0.15, 0.2) is 0 Å². The molecule has 0 atom stereocenters. The van der Waals surface area contributed by atoms with Crippen molar-refractivity contribution < 1.29 is 4.74 Å². The molecule has 0 aromatic carbocycles. The van der Waals surface area contributed by atoms with Gasteiger partial charge in [-0.05, 0) is 26.0 Å². The molecule has 0 amide bonds. The number of hydrogen-bond donors (Lipinski definition) is 0. The first-order chi connectivity index (χ1) is 11.2. The maximum atomic E-state index is 8.80. The van der Waals surface area contributed by atoms with Gasteiger partial charge in [-0.15, -0.1) is 0 Å². The summed E-state index contributed by atoms with van der Waals surface area (Å²) in [5.74, 6) is 0.642. The molecule has 6 nitrogen and oxygen atoms in total. The Labute approximate surface area is 135 Å².